The minimum atomic E-state index is -0.544. The normalized spacial score (nSPS) is 11.0. The lowest BCUT2D eigenvalue weighted by atomic mass is 10.0. The van der Waals surface area contributed by atoms with Gasteiger partial charge in [-0.2, -0.15) is 5.26 Å². The van der Waals surface area contributed by atoms with Gasteiger partial charge in [0.2, 0.25) is 0 Å². The van der Waals surface area contributed by atoms with Crippen LogP contribution in [0.4, 0.5) is 4.79 Å². The van der Waals surface area contributed by atoms with Crippen molar-refractivity contribution >= 4 is 12.4 Å². The largest absolute Gasteiger partial charge is 0.444 e. The number of nitriles is 1. The Kier molecular flexibility index (Phi) is 7.18. The quantitative estimate of drug-likeness (QED) is 0.551. The fourth-order valence-corrected chi connectivity index (χ4v) is 3.19. The molecule has 1 N–H and O–H groups in total. The van der Waals surface area contributed by atoms with E-state index in [1.165, 1.54) is 0 Å². The van der Waals surface area contributed by atoms with E-state index < -0.39 is 11.7 Å². The molecule has 0 unspecified atom stereocenters. The number of imidazole rings is 1. The number of benzene rings is 1. The lowest BCUT2D eigenvalue weighted by Gasteiger charge is -2.19. The lowest BCUT2D eigenvalue weighted by Crippen LogP contribution is -2.33. The summed E-state index contributed by atoms with van der Waals surface area (Å²) in [5.74, 6) is 1.21. The molecule has 0 radical (unpaired) electrons. The van der Waals surface area contributed by atoms with Gasteiger partial charge in [-0.3, -0.25) is 4.79 Å². The first-order valence-corrected chi connectivity index (χ1v) is 10.5. The minimum absolute atomic E-state index is 0.353. The summed E-state index contributed by atoms with van der Waals surface area (Å²) in [5, 5.41) is 12.0. The third kappa shape index (κ3) is 6.46. The fourth-order valence-electron chi connectivity index (χ4n) is 3.19. The molecular weight excluding hydrogens is 420 g/mol. The van der Waals surface area contributed by atoms with Crippen molar-refractivity contribution in [1.82, 2.24) is 24.8 Å². The molecule has 3 rings (SSSR count). The second-order valence-electron chi connectivity index (χ2n) is 8.54. The zero-order valence-electron chi connectivity index (χ0n) is 19.1. The van der Waals surface area contributed by atoms with Crippen LogP contribution in [0.15, 0.2) is 36.8 Å². The van der Waals surface area contributed by atoms with Crippen LogP contribution in [0.3, 0.4) is 0 Å². The van der Waals surface area contributed by atoms with Crippen molar-refractivity contribution in [2.45, 2.75) is 46.3 Å². The Morgan fingerprint density at radius 2 is 2.00 bits per heavy atom. The summed E-state index contributed by atoms with van der Waals surface area (Å²) < 4.78 is 7.07. The van der Waals surface area contributed by atoms with Crippen LogP contribution in [0.25, 0.3) is 11.4 Å². The van der Waals surface area contributed by atoms with Crippen LogP contribution in [0, 0.1) is 18.3 Å². The third-order valence-electron chi connectivity index (χ3n) is 4.72. The molecule has 1 amide bonds. The van der Waals surface area contributed by atoms with Gasteiger partial charge in [0.15, 0.2) is 12.1 Å². The first-order valence-electron chi connectivity index (χ1n) is 10.5. The maximum atomic E-state index is 11.8. The number of amides is 1. The molecule has 9 nitrogen and oxygen atoms in total. The number of alkyl carbamates (subject to hydrolysis) is 1. The van der Waals surface area contributed by atoms with E-state index in [1.54, 1.807) is 30.7 Å². The summed E-state index contributed by atoms with van der Waals surface area (Å²) in [4.78, 5) is 36.0. The van der Waals surface area contributed by atoms with Gasteiger partial charge in [-0.25, -0.2) is 19.7 Å². The Balaban J connectivity index is 1.75. The Morgan fingerprint density at radius 3 is 2.61 bits per heavy atom. The van der Waals surface area contributed by atoms with Gasteiger partial charge < -0.3 is 14.6 Å². The highest BCUT2D eigenvalue weighted by atomic mass is 16.6. The summed E-state index contributed by atoms with van der Waals surface area (Å²) >= 11 is 0. The van der Waals surface area contributed by atoms with Crippen molar-refractivity contribution in [3.63, 3.8) is 0 Å². The van der Waals surface area contributed by atoms with Crippen LogP contribution in [0.1, 0.15) is 53.8 Å². The number of hydrogen-bond acceptors (Lipinski definition) is 7. The second-order valence-corrected chi connectivity index (χ2v) is 8.54. The van der Waals surface area contributed by atoms with Gasteiger partial charge in [-0.05, 0) is 63.4 Å². The number of aldehydes is 1. The van der Waals surface area contributed by atoms with Gasteiger partial charge in [0.1, 0.15) is 17.1 Å². The predicted molar refractivity (Wildman–Crippen MR) is 122 cm³/mol. The van der Waals surface area contributed by atoms with E-state index >= 15 is 0 Å². The maximum Gasteiger partial charge on any atom is 0.407 e. The average molecular weight is 447 g/mol. The molecule has 0 aliphatic heterocycles. The van der Waals surface area contributed by atoms with Gasteiger partial charge in [0, 0.05) is 37.2 Å². The van der Waals surface area contributed by atoms with Crippen molar-refractivity contribution in [3.8, 4) is 17.5 Å². The molecule has 0 saturated carbocycles. The monoisotopic (exact) mass is 446 g/mol. The molecular formula is C24H26N6O3. The van der Waals surface area contributed by atoms with E-state index in [1.807, 2.05) is 38.3 Å². The molecule has 0 aliphatic rings. The molecule has 0 aliphatic carbocycles. The summed E-state index contributed by atoms with van der Waals surface area (Å²) in [5.41, 5.74) is 2.82. The van der Waals surface area contributed by atoms with E-state index in [0.717, 1.165) is 16.7 Å². The Hall–Kier alpha value is -4.06. The van der Waals surface area contributed by atoms with Crippen LogP contribution in [-0.4, -0.2) is 44.0 Å². The molecule has 3 aromatic rings. The van der Waals surface area contributed by atoms with Crippen LogP contribution < -0.4 is 5.32 Å². The van der Waals surface area contributed by atoms with E-state index in [-0.39, 0.29) is 0 Å². The minimum Gasteiger partial charge on any atom is -0.444 e. The number of ether oxygens (including phenoxy) is 1. The Morgan fingerprint density at radius 1 is 1.27 bits per heavy atom. The maximum absolute atomic E-state index is 11.8. The first kappa shape index (κ1) is 23.6. The number of hydrogen-bond donors (Lipinski definition) is 1. The standard InChI is InChI=1S/C24H26N6O3/c1-16-29-20(15-31)14-30(16)13-19-9-17(10-25)5-6-21(19)22-27-11-18(12-28-22)7-8-26-23(32)33-24(2,3)4/h5-6,9,11-12,14-15H,7-8,13H2,1-4H3,(H,26,32). The van der Waals surface area contributed by atoms with Crippen molar-refractivity contribution < 1.29 is 14.3 Å². The van der Waals surface area contributed by atoms with Crippen molar-refractivity contribution in [3.05, 3.63) is 65.0 Å². The molecule has 0 atom stereocenters. The summed E-state index contributed by atoms with van der Waals surface area (Å²) in [7, 11) is 0. The van der Waals surface area contributed by atoms with Gasteiger partial charge >= 0.3 is 6.09 Å². The average Bonchev–Trinajstić information content (AvgIpc) is 3.12. The number of aryl methyl sites for hydroxylation is 1. The number of carbonyl (C=O) groups is 2. The molecule has 33 heavy (non-hydrogen) atoms. The molecule has 2 heterocycles. The molecule has 0 spiro atoms. The number of nitrogens with zero attached hydrogens (tertiary/aromatic N) is 5. The predicted octanol–water partition coefficient (Wildman–Crippen LogP) is 3.45. The van der Waals surface area contributed by atoms with Crippen molar-refractivity contribution in [1.29, 1.82) is 5.26 Å². The van der Waals surface area contributed by atoms with Crippen molar-refractivity contribution in [2.75, 3.05) is 6.54 Å². The van der Waals surface area contributed by atoms with Gasteiger partial charge in [-0.15, -0.1) is 0 Å². The molecule has 0 fully saturated rings. The molecule has 9 heteroatoms. The highest BCUT2D eigenvalue weighted by molar-refractivity contribution is 5.71. The third-order valence-corrected chi connectivity index (χ3v) is 4.72. The van der Waals surface area contributed by atoms with E-state index in [4.69, 9.17) is 4.74 Å². The SMILES string of the molecule is Cc1nc(C=O)cn1Cc1cc(C#N)ccc1-c1ncc(CCNC(=O)OC(C)(C)C)cn1. The second kappa shape index (κ2) is 10.0. The molecule has 2 aromatic heterocycles. The van der Waals surface area contributed by atoms with Gasteiger partial charge in [0.25, 0.3) is 0 Å². The van der Waals surface area contributed by atoms with Gasteiger partial charge in [-0.1, -0.05) is 0 Å². The molecule has 0 bridgehead atoms. The summed E-state index contributed by atoms with van der Waals surface area (Å²) in [6.45, 7) is 8.07. The highest BCUT2D eigenvalue weighted by Gasteiger charge is 2.16. The number of nitrogens with one attached hydrogen (secondary N) is 1. The Bertz CT molecular complexity index is 1190. The molecule has 0 saturated heterocycles. The van der Waals surface area contributed by atoms with Gasteiger partial charge in [0.05, 0.1) is 11.6 Å². The fraction of sp³-hybridized carbons (Fsp3) is 0.333. The van der Waals surface area contributed by atoms with Crippen LogP contribution in [0.2, 0.25) is 0 Å². The highest BCUT2D eigenvalue weighted by Crippen LogP contribution is 2.23. The zero-order valence-corrected chi connectivity index (χ0v) is 19.1. The smallest absolute Gasteiger partial charge is 0.407 e. The van der Waals surface area contributed by atoms with Crippen molar-refractivity contribution in [2.24, 2.45) is 0 Å². The summed E-state index contributed by atoms with van der Waals surface area (Å²) in [6, 6.07) is 7.48. The Labute approximate surface area is 192 Å². The van der Waals surface area contributed by atoms with Crippen LogP contribution in [0.5, 0.6) is 0 Å². The topological polar surface area (TPSA) is 123 Å². The van der Waals surface area contributed by atoms with E-state index in [9.17, 15) is 14.9 Å². The molecule has 170 valence electrons. The number of carbonyl (C=O) groups excluding carboxylic acids is 2. The first-order chi connectivity index (χ1) is 15.7. The van der Waals surface area contributed by atoms with E-state index in [0.29, 0.717) is 48.7 Å². The van der Waals surface area contributed by atoms with Crippen LogP contribution in [-0.2, 0) is 17.7 Å². The summed E-state index contributed by atoms with van der Waals surface area (Å²) in [6.07, 6.45) is 5.90. The zero-order chi connectivity index (χ0) is 24.0. The lowest BCUT2D eigenvalue weighted by molar-refractivity contribution is 0.0528. The molecule has 1 aromatic carbocycles. The van der Waals surface area contributed by atoms with E-state index in [2.05, 4.69) is 26.3 Å². The van der Waals surface area contributed by atoms with Crippen LogP contribution >= 0.6 is 0 Å². The number of rotatable bonds is 7. The number of aromatic nitrogens is 4.